The molecule has 0 radical (unpaired) electrons. The SMILES string of the molecule is Cc1cc(C(=O)N(C)Cc2ccccc2)nc(Nc2ccc(F)c(F)c2F)n1. The highest BCUT2D eigenvalue weighted by molar-refractivity contribution is 5.92. The molecule has 144 valence electrons. The van der Waals surface area contributed by atoms with E-state index in [1.54, 1.807) is 14.0 Å². The van der Waals surface area contributed by atoms with E-state index >= 15 is 0 Å². The number of nitrogens with one attached hydrogen (secondary N) is 1. The maximum atomic E-state index is 13.9. The van der Waals surface area contributed by atoms with Crippen molar-refractivity contribution < 1.29 is 18.0 Å². The van der Waals surface area contributed by atoms with Gasteiger partial charge in [0.15, 0.2) is 17.5 Å². The molecule has 1 amide bonds. The molecule has 3 aromatic rings. The Labute approximate surface area is 159 Å². The van der Waals surface area contributed by atoms with Gasteiger partial charge < -0.3 is 10.2 Å². The van der Waals surface area contributed by atoms with E-state index in [4.69, 9.17) is 0 Å². The van der Waals surface area contributed by atoms with E-state index in [1.165, 1.54) is 11.0 Å². The first kappa shape index (κ1) is 19.3. The number of benzene rings is 2. The Balaban J connectivity index is 1.83. The minimum atomic E-state index is -1.60. The van der Waals surface area contributed by atoms with Gasteiger partial charge in [0, 0.05) is 19.3 Å². The molecule has 1 heterocycles. The van der Waals surface area contributed by atoms with Crippen LogP contribution in [0.5, 0.6) is 0 Å². The molecule has 0 saturated carbocycles. The van der Waals surface area contributed by atoms with Crippen LogP contribution in [0.25, 0.3) is 0 Å². The molecule has 3 rings (SSSR count). The number of anilines is 2. The number of amides is 1. The molecule has 1 N–H and O–H groups in total. The lowest BCUT2D eigenvalue weighted by Crippen LogP contribution is -2.27. The van der Waals surface area contributed by atoms with Crippen LogP contribution in [0.2, 0.25) is 0 Å². The van der Waals surface area contributed by atoms with Gasteiger partial charge in [0.2, 0.25) is 5.95 Å². The summed E-state index contributed by atoms with van der Waals surface area (Å²) in [6, 6.07) is 12.7. The van der Waals surface area contributed by atoms with Crippen molar-refractivity contribution in [3.8, 4) is 0 Å². The van der Waals surface area contributed by atoms with Gasteiger partial charge in [-0.15, -0.1) is 0 Å². The lowest BCUT2D eigenvalue weighted by Gasteiger charge is -2.17. The van der Waals surface area contributed by atoms with Crippen molar-refractivity contribution in [2.24, 2.45) is 0 Å². The Morgan fingerprint density at radius 3 is 2.46 bits per heavy atom. The second kappa shape index (κ2) is 8.08. The maximum absolute atomic E-state index is 13.9. The predicted molar refractivity (Wildman–Crippen MR) is 98.6 cm³/mol. The highest BCUT2D eigenvalue weighted by Crippen LogP contribution is 2.22. The Kier molecular flexibility index (Phi) is 5.58. The number of hydrogen-bond donors (Lipinski definition) is 1. The predicted octanol–water partition coefficient (Wildman–Crippen LogP) is 4.22. The summed E-state index contributed by atoms with van der Waals surface area (Å²) in [6.45, 7) is 2.02. The van der Waals surface area contributed by atoms with E-state index in [0.717, 1.165) is 17.7 Å². The molecule has 8 heteroatoms. The maximum Gasteiger partial charge on any atom is 0.272 e. The number of rotatable bonds is 5. The highest BCUT2D eigenvalue weighted by atomic mass is 19.2. The van der Waals surface area contributed by atoms with Gasteiger partial charge in [-0.25, -0.2) is 23.1 Å². The van der Waals surface area contributed by atoms with Crippen molar-refractivity contribution in [1.82, 2.24) is 14.9 Å². The van der Waals surface area contributed by atoms with Crippen LogP contribution in [0.15, 0.2) is 48.5 Å². The van der Waals surface area contributed by atoms with Crippen LogP contribution in [0, 0.1) is 24.4 Å². The normalized spacial score (nSPS) is 10.6. The summed E-state index contributed by atoms with van der Waals surface area (Å²) in [5, 5.41) is 2.49. The van der Waals surface area contributed by atoms with Gasteiger partial charge >= 0.3 is 0 Å². The molecule has 0 unspecified atom stereocenters. The zero-order chi connectivity index (χ0) is 20.3. The Morgan fingerprint density at radius 1 is 1.04 bits per heavy atom. The second-order valence-electron chi connectivity index (χ2n) is 6.21. The standard InChI is InChI=1S/C20H17F3N4O/c1-12-10-16(19(28)27(2)11-13-6-4-3-5-7-13)26-20(24-12)25-15-9-8-14(21)17(22)18(15)23/h3-10H,11H2,1-2H3,(H,24,25,26). The highest BCUT2D eigenvalue weighted by Gasteiger charge is 2.18. The fourth-order valence-corrected chi connectivity index (χ4v) is 2.60. The molecule has 0 saturated heterocycles. The molecule has 0 bridgehead atoms. The second-order valence-corrected chi connectivity index (χ2v) is 6.21. The van der Waals surface area contributed by atoms with Crippen molar-refractivity contribution in [3.05, 3.63) is 82.9 Å². The number of nitrogens with zero attached hydrogens (tertiary/aromatic N) is 3. The summed E-state index contributed by atoms with van der Waals surface area (Å²) in [5.41, 5.74) is 1.17. The quantitative estimate of drug-likeness (QED) is 0.667. The van der Waals surface area contributed by atoms with Crippen LogP contribution in [-0.4, -0.2) is 27.8 Å². The first-order valence-corrected chi connectivity index (χ1v) is 8.40. The lowest BCUT2D eigenvalue weighted by molar-refractivity contribution is 0.0779. The molecule has 0 aliphatic heterocycles. The van der Waals surface area contributed by atoms with Crippen LogP contribution in [0.4, 0.5) is 24.8 Å². The van der Waals surface area contributed by atoms with Crippen LogP contribution in [0.1, 0.15) is 21.7 Å². The van der Waals surface area contributed by atoms with Crippen molar-refractivity contribution in [2.45, 2.75) is 13.5 Å². The van der Waals surface area contributed by atoms with Gasteiger partial charge in [-0.1, -0.05) is 30.3 Å². The topological polar surface area (TPSA) is 58.1 Å². The zero-order valence-corrected chi connectivity index (χ0v) is 15.2. The van der Waals surface area contributed by atoms with Crippen molar-refractivity contribution in [2.75, 3.05) is 12.4 Å². The summed E-state index contributed by atoms with van der Waals surface area (Å²) in [7, 11) is 1.63. The third kappa shape index (κ3) is 4.28. The average molecular weight is 386 g/mol. The van der Waals surface area contributed by atoms with Gasteiger partial charge in [0.05, 0.1) is 5.69 Å². The van der Waals surface area contributed by atoms with Gasteiger partial charge in [-0.2, -0.15) is 0 Å². The molecule has 0 fully saturated rings. The average Bonchev–Trinajstić information content (AvgIpc) is 2.68. The van der Waals surface area contributed by atoms with E-state index in [9.17, 15) is 18.0 Å². The molecule has 0 atom stereocenters. The van der Waals surface area contributed by atoms with Crippen molar-refractivity contribution >= 4 is 17.5 Å². The minimum Gasteiger partial charge on any atom is -0.336 e. The van der Waals surface area contributed by atoms with Crippen LogP contribution >= 0.6 is 0 Å². The fraction of sp³-hybridized carbons (Fsp3) is 0.150. The molecule has 2 aromatic carbocycles. The molecular weight excluding hydrogens is 369 g/mol. The summed E-state index contributed by atoms with van der Waals surface area (Å²) in [4.78, 5) is 22.3. The van der Waals surface area contributed by atoms with E-state index in [1.807, 2.05) is 30.3 Å². The number of hydrogen-bond acceptors (Lipinski definition) is 4. The van der Waals surface area contributed by atoms with E-state index < -0.39 is 17.5 Å². The third-order valence-corrected chi connectivity index (χ3v) is 3.96. The van der Waals surface area contributed by atoms with Crippen LogP contribution in [0.3, 0.4) is 0 Å². The molecule has 0 aliphatic rings. The van der Waals surface area contributed by atoms with Crippen LogP contribution < -0.4 is 5.32 Å². The molecule has 1 aromatic heterocycles. The van der Waals surface area contributed by atoms with Gasteiger partial charge in [0.25, 0.3) is 5.91 Å². The van der Waals surface area contributed by atoms with E-state index in [2.05, 4.69) is 15.3 Å². The first-order valence-electron chi connectivity index (χ1n) is 8.40. The monoisotopic (exact) mass is 386 g/mol. The largest absolute Gasteiger partial charge is 0.336 e. The number of carbonyl (C=O) groups is 1. The van der Waals surface area contributed by atoms with Gasteiger partial charge in [-0.3, -0.25) is 4.79 Å². The zero-order valence-electron chi connectivity index (χ0n) is 15.2. The first-order chi connectivity index (χ1) is 13.3. The summed E-state index contributed by atoms with van der Waals surface area (Å²) in [5.74, 6) is -4.74. The Morgan fingerprint density at radius 2 is 1.75 bits per heavy atom. The molecule has 28 heavy (non-hydrogen) atoms. The Hall–Kier alpha value is -3.42. The van der Waals surface area contributed by atoms with Crippen molar-refractivity contribution in [1.29, 1.82) is 0 Å². The summed E-state index contributed by atoms with van der Waals surface area (Å²) >= 11 is 0. The van der Waals surface area contributed by atoms with Gasteiger partial charge in [-0.05, 0) is 30.7 Å². The van der Waals surface area contributed by atoms with Crippen LogP contribution in [-0.2, 0) is 6.54 Å². The molecule has 0 spiro atoms. The van der Waals surface area contributed by atoms with Crippen molar-refractivity contribution in [3.63, 3.8) is 0 Å². The van der Waals surface area contributed by atoms with E-state index in [0.29, 0.717) is 12.2 Å². The third-order valence-electron chi connectivity index (χ3n) is 3.96. The summed E-state index contributed by atoms with van der Waals surface area (Å²) in [6.07, 6.45) is 0. The van der Waals surface area contributed by atoms with Gasteiger partial charge in [0.1, 0.15) is 5.69 Å². The minimum absolute atomic E-state index is 0.0939. The number of carbonyl (C=O) groups excluding carboxylic acids is 1. The smallest absolute Gasteiger partial charge is 0.272 e. The van der Waals surface area contributed by atoms with E-state index in [-0.39, 0.29) is 23.2 Å². The number of aromatic nitrogens is 2. The lowest BCUT2D eigenvalue weighted by atomic mass is 10.2. The number of halogens is 3. The number of aryl methyl sites for hydroxylation is 1. The molecule has 5 nitrogen and oxygen atoms in total. The Bertz CT molecular complexity index is 1010. The molecule has 0 aliphatic carbocycles. The fourth-order valence-electron chi connectivity index (χ4n) is 2.60. The summed E-state index contributed by atoms with van der Waals surface area (Å²) < 4.78 is 40.3. The molecular formula is C20H17F3N4O.